The van der Waals surface area contributed by atoms with Crippen LogP contribution in [0.1, 0.15) is 44.3 Å². The van der Waals surface area contributed by atoms with Crippen LogP contribution in [-0.2, 0) is 23.9 Å². The first kappa shape index (κ1) is 19.3. The van der Waals surface area contributed by atoms with E-state index in [1.807, 2.05) is 0 Å². The smallest absolute Gasteiger partial charge is 0.360 e. The van der Waals surface area contributed by atoms with Crippen molar-refractivity contribution in [3.8, 4) is 0 Å². The van der Waals surface area contributed by atoms with Gasteiger partial charge in [0.25, 0.3) is 0 Å². The van der Waals surface area contributed by atoms with Gasteiger partial charge in [0.15, 0.2) is 0 Å². The highest BCUT2D eigenvalue weighted by atomic mass is 32.1. The van der Waals surface area contributed by atoms with Crippen LogP contribution in [0.4, 0.5) is 0 Å². The summed E-state index contributed by atoms with van der Waals surface area (Å²) < 4.78 is 10.7. The van der Waals surface area contributed by atoms with Gasteiger partial charge in [0.05, 0.1) is 18.2 Å². The maximum absolute atomic E-state index is 12.6. The minimum Gasteiger partial charge on any atom is -0.476 e. The zero-order valence-electron chi connectivity index (χ0n) is 14.7. The van der Waals surface area contributed by atoms with Crippen LogP contribution in [0.2, 0.25) is 0 Å². The molecule has 25 heavy (non-hydrogen) atoms. The van der Waals surface area contributed by atoms with E-state index < -0.39 is 23.1 Å². The van der Waals surface area contributed by atoms with E-state index in [0.29, 0.717) is 18.2 Å². The molecule has 0 bridgehead atoms. The third-order valence-electron chi connectivity index (χ3n) is 3.45. The second kappa shape index (κ2) is 7.49. The number of carbonyl (C=O) groups is 2. The van der Waals surface area contributed by atoms with E-state index >= 15 is 0 Å². The fourth-order valence-corrected chi connectivity index (χ4v) is 2.80. The molecule has 0 atom stereocenters. The van der Waals surface area contributed by atoms with Crippen LogP contribution in [0.3, 0.4) is 0 Å². The molecule has 1 aliphatic heterocycles. The summed E-state index contributed by atoms with van der Waals surface area (Å²) in [5, 5.41) is 15.4. The van der Waals surface area contributed by atoms with E-state index in [4.69, 9.17) is 14.3 Å². The number of thiazole rings is 1. The van der Waals surface area contributed by atoms with Crippen molar-refractivity contribution >= 4 is 29.0 Å². The summed E-state index contributed by atoms with van der Waals surface area (Å²) in [6.07, 6.45) is 0.461. The number of ether oxygens (including phenoxy) is 2. The molecule has 1 aromatic heterocycles. The average molecular weight is 370 g/mol. The Morgan fingerprint density at radius 2 is 2.00 bits per heavy atom. The fraction of sp³-hybridized carbons (Fsp3) is 0.625. The molecular weight excluding hydrogens is 348 g/mol. The molecular formula is C16H22N2O6S. The number of nitrogens with zero attached hydrogens (tertiary/aromatic N) is 2. The van der Waals surface area contributed by atoms with Crippen molar-refractivity contribution in [3.05, 3.63) is 16.1 Å². The van der Waals surface area contributed by atoms with Crippen LogP contribution in [0.5, 0.6) is 0 Å². The first-order valence-corrected chi connectivity index (χ1v) is 8.74. The molecule has 0 aromatic carbocycles. The Hall–Kier alpha value is -2.00. The topological polar surface area (TPSA) is 107 Å². The summed E-state index contributed by atoms with van der Waals surface area (Å²) >= 11 is 1.30. The van der Waals surface area contributed by atoms with Gasteiger partial charge in [-0.15, -0.1) is 11.3 Å². The predicted octanol–water partition coefficient (Wildman–Crippen LogP) is 2.15. The van der Waals surface area contributed by atoms with Crippen molar-refractivity contribution in [1.82, 2.24) is 4.98 Å². The zero-order valence-corrected chi connectivity index (χ0v) is 15.5. The van der Waals surface area contributed by atoms with Gasteiger partial charge >= 0.3 is 11.9 Å². The van der Waals surface area contributed by atoms with E-state index in [1.165, 1.54) is 11.3 Å². The highest BCUT2D eigenvalue weighted by molar-refractivity contribution is 7.09. The zero-order chi connectivity index (χ0) is 18.7. The number of hydrogen-bond donors (Lipinski definition) is 1. The van der Waals surface area contributed by atoms with Gasteiger partial charge in [-0.25, -0.2) is 14.6 Å². The molecule has 0 amide bonds. The van der Waals surface area contributed by atoms with Gasteiger partial charge in [0.1, 0.15) is 11.3 Å². The van der Waals surface area contributed by atoms with Gasteiger partial charge in [0, 0.05) is 18.2 Å². The summed E-state index contributed by atoms with van der Waals surface area (Å²) in [4.78, 5) is 33.7. The molecule has 1 saturated heterocycles. The number of carboxylic acids is 1. The van der Waals surface area contributed by atoms with E-state index in [2.05, 4.69) is 10.1 Å². The molecule has 0 aliphatic carbocycles. The van der Waals surface area contributed by atoms with E-state index in [0.717, 1.165) is 0 Å². The molecule has 1 aliphatic rings. The number of hydrogen-bond acceptors (Lipinski definition) is 8. The number of oxime groups is 1. The number of esters is 1. The summed E-state index contributed by atoms with van der Waals surface area (Å²) in [5.41, 5.74) is -2.21. The molecule has 1 N–H and O–H groups in total. The van der Waals surface area contributed by atoms with Crippen molar-refractivity contribution in [2.45, 2.75) is 51.7 Å². The largest absolute Gasteiger partial charge is 0.476 e. The normalized spacial score (nSPS) is 17.8. The lowest BCUT2D eigenvalue weighted by Crippen LogP contribution is -2.49. The molecule has 1 fully saturated rings. The lowest BCUT2D eigenvalue weighted by molar-refractivity contribution is -0.195. The van der Waals surface area contributed by atoms with Gasteiger partial charge in [-0.3, -0.25) is 0 Å². The monoisotopic (exact) mass is 370 g/mol. The molecule has 2 heterocycles. The summed E-state index contributed by atoms with van der Waals surface area (Å²) in [6.45, 7) is 7.61. The van der Waals surface area contributed by atoms with E-state index in [-0.39, 0.29) is 24.2 Å². The van der Waals surface area contributed by atoms with Crippen LogP contribution in [0.25, 0.3) is 0 Å². The van der Waals surface area contributed by atoms with Gasteiger partial charge in [-0.05, 0) is 27.7 Å². The number of aliphatic carboxylic acids is 1. The maximum Gasteiger partial charge on any atom is 0.360 e. The second-order valence-corrected chi connectivity index (χ2v) is 7.76. The second-order valence-electron chi connectivity index (χ2n) is 6.70. The van der Waals surface area contributed by atoms with Crippen LogP contribution in [-0.4, -0.2) is 52.2 Å². The molecule has 1 aromatic rings. The first-order chi connectivity index (χ1) is 11.6. The molecule has 0 spiro atoms. The van der Waals surface area contributed by atoms with Crippen LogP contribution >= 0.6 is 11.3 Å². The number of carboxylic acid groups (broad SMARTS) is 1. The standard InChI is InChI=1S/C16H22N2O6S/c1-10-17-11(9-25-10)12(13(19)20)18-24-16(5-7-22-8-6-16)14(21)23-15(2,3)4/h9H,5-8H2,1-4H3,(H,19,20)/b18-12-. The van der Waals surface area contributed by atoms with Gasteiger partial charge in [-0.1, -0.05) is 5.16 Å². The first-order valence-electron chi connectivity index (χ1n) is 7.86. The lowest BCUT2D eigenvalue weighted by Gasteiger charge is -2.34. The fourth-order valence-electron chi connectivity index (χ4n) is 2.21. The highest BCUT2D eigenvalue weighted by Gasteiger charge is 2.46. The molecule has 0 radical (unpaired) electrons. The minimum absolute atomic E-state index is 0.196. The molecule has 9 heteroatoms. The number of aromatic nitrogens is 1. The van der Waals surface area contributed by atoms with E-state index in [9.17, 15) is 14.7 Å². The minimum atomic E-state index is -1.36. The molecule has 0 unspecified atom stereocenters. The predicted molar refractivity (Wildman–Crippen MR) is 90.7 cm³/mol. The van der Waals surface area contributed by atoms with Gasteiger partial charge in [0.2, 0.25) is 11.3 Å². The van der Waals surface area contributed by atoms with Crippen LogP contribution in [0, 0.1) is 6.92 Å². The molecule has 138 valence electrons. The Labute approximate surface area is 149 Å². The molecule has 2 rings (SSSR count). The summed E-state index contributed by atoms with van der Waals surface area (Å²) in [5.74, 6) is -1.86. The quantitative estimate of drug-likeness (QED) is 0.481. The van der Waals surface area contributed by atoms with Gasteiger partial charge in [-0.2, -0.15) is 0 Å². The summed E-state index contributed by atoms with van der Waals surface area (Å²) in [6, 6.07) is 0. The van der Waals surface area contributed by atoms with Crippen molar-refractivity contribution in [3.63, 3.8) is 0 Å². The number of rotatable bonds is 5. The van der Waals surface area contributed by atoms with Crippen molar-refractivity contribution < 1.29 is 29.0 Å². The molecule has 8 nitrogen and oxygen atoms in total. The Balaban J connectivity index is 2.29. The number of carbonyl (C=O) groups excluding carboxylic acids is 1. The van der Waals surface area contributed by atoms with Crippen molar-refractivity contribution in [1.29, 1.82) is 0 Å². The third-order valence-corrected chi connectivity index (χ3v) is 4.22. The van der Waals surface area contributed by atoms with Crippen molar-refractivity contribution in [2.24, 2.45) is 5.16 Å². The Bertz CT molecular complexity index is 670. The third kappa shape index (κ3) is 4.99. The Morgan fingerprint density at radius 3 is 2.48 bits per heavy atom. The molecule has 0 saturated carbocycles. The van der Waals surface area contributed by atoms with Crippen LogP contribution in [0.15, 0.2) is 10.5 Å². The maximum atomic E-state index is 12.6. The van der Waals surface area contributed by atoms with E-state index in [1.54, 1.807) is 33.1 Å². The van der Waals surface area contributed by atoms with Crippen LogP contribution < -0.4 is 0 Å². The Kier molecular flexibility index (Phi) is 5.79. The Morgan fingerprint density at radius 1 is 1.36 bits per heavy atom. The highest BCUT2D eigenvalue weighted by Crippen LogP contribution is 2.29. The average Bonchev–Trinajstić information content (AvgIpc) is 2.92. The lowest BCUT2D eigenvalue weighted by atomic mass is 9.94. The van der Waals surface area contributed by atoms with Gasteiger partial charge < -0.3 is 19.4 Å². The SMILES string of the molecule is Cc1nc(/C(=N/OC2(C(=O)OC(C)(C)C)CCOCC2)C(=O)O)cs1. The number of aryl methyl sites for hydroxylation is 1. The van der Waals surface area contributed by atoms with Crippen molar-refractivity contribution in [2.75, 3.05) is 13.2 Å². The summed E-state index contributed by atoms with van der Waals surface area (Å²) in [7, 11) is 0.